The molecule has 3 heteroatoms. The molecule has 0 bridgehead atoms. The molecular formula is C21H28F2Zr. The Balaban J connectivity index is 0.00000104. The molecule has 4 aliphatic carbocycles. The Labute approximate surface area is 152 Å². The first-order chi connectivity index (χ1) is 10.8. The number of allylic oxidation sites excluding steroid dienone is 8. The molecule has 4 atom stereocenters. The van der Waals surface area contributed by atoms with Gasteiger partial charge in [-0.05, 0) is 0 Å². The van der Waals surface area contributed by atoms with Crippen LogP contribution < -0.4 is 9.41 Å². The Bertz CT molecular complexity index is 572. The molecule has 0 radical (unpaired) electrons. The number of rotatable bonds is 2. The molecule has 0 aromatic heterocycles. The SMILES string of the molecule is C[C](C)=[Zr+2]([CH]1CCC2CC=CC=C21)[CH]1CCC2CC=CC=C21.[F-].[F-]. The van der Waals surface area contributed by atoms with E-state index in [4.69, 9.17) is 0 Å². The van der Waals surface area contributed by atoms with Crippen molar-refractivity contribution in [3.8, 4) is 0 Å². The molecule has 4 unspecified atom stereocenters. The molecule has 2 fully saturated rings. The minimum absolute atomic E-state index is 0. The van der Waals surface area contributed by atoms with Crippen LogP contribution in [0, 0.1) is 11.8 Å². The van der Waals surface area contributed by atoms with Gasteiger partial charge in [-0.25, -0.2) is 0 Å². The standard InChI is InChI=1S/2C9H11.C3H6.2FH.Zr/c2*1-2-5-9-7-3-6-8(9)4-1;1-3-2;;;/h2*1-2,4,6,9H,3,5,7H2;1-2H3;2*1H;/q;;;;;+2/p-2. The van der Waals surface area contributed by atoms with Gasteiger partial charge in [-0.2, -0.15) is 0 Å². The summed E-state index contributed by atoms with van der Waals surface area (Å²) in [6.07, 6.45) is 23.1. The Morgan fingerprint density at radius 2 is 1.25 bits per heavy atom. The maximum Gasteiger partial charge on any atom is -1.00 e. The smallest absolute Gasteiger partial charge is 1.00 e. The summed E-state index contributed by atoms with van der Waals surface area (Å²) in [5, 5.41) is 0. The van der Waals surface area contributed by atoms with Gasteiger partial charge in [-0.1, -0.05) is 0 Å². The van der Waals surface area contributed by atoms with E-state index in [1.54, 1.807) is 0 Å². The van der Waals surface area contributed by atoms with E-state index in [0.29, 0.717) is 0 Å². The van der Waals surface area contributed by atoms with Crippen molar-refractivity contribution in [1.29, 1.82) is 0 Å². The molecule has 0 aromatic carbocycles. The van der Waals surface area contributed by atoms with Crippen LogP contribution in [0.2, 0.25) is 7.25 Å². The normalized spacial score (nSPS) is 32.4. The minimum atomic E-state index is -1.58. The van der Waals surface area contributed by atoms with Gasteiger partial charge in [0, 0.05) is 0 Å². The first kappa shape index (κ1) is 19.9. The fourth-order valence-corrected chi connectivity index (χ4v) is 15.8. The van der Waals surface area contributed by atoms with E-state index < -0.39 is 21.3 Å². The third-order valence-electron chi connectivity index (χ3n) is 6.37. The maximum absolute atomic E-state index is 2.51. The van der Waals surface area contributed by atoms with Gasteiger partial charge < -0.3 is 9.41 Å². The van der Waals surface area contributed by atoms with Crippen LogP contribution in [-0.4, -0.2) is 3.21 Å². The number of fused-ring (bicyclic) bond motifs is 2. The summed E-state index contributed by atoms with van der Waals surface area (Å²) in [7, 11) is 0. The molecule has 0 amide bonds. The van der Waals surface area contributed by atoms with E-state index in [9.17, 15) is 0 Å². The topological polar surface area (TPSA) is 0 Å². The molecule has 0 aromatic rings. The van der Waals surface area contributed by atoms with Crippen molar-refractivity contribution in [3.05, 3.63) is 47.6 Å². The van der Waals surface area contributed by atoms with Crippen LogP contribution in [0.25, 0.3) is 0 Å². The van der Waals surface area contributed by atoms with Gasteiger partial charge in [-0.15, -0.1) is 0 Å². The van der Waals surface area contributed by atoms with E-state index in [0.717, 1.165) is 19.1 Å². The van der Waals surface area contributed by atoms with Gasteiger partial charge in [0.1, 0.15) is 0 Å². The number of hydrogen-bond donors (Lipinski definition) is 0. The van der Waals surface area contributed by atoms with E-state index in [1.807, 2.05) is 14.4 Å². The summed E-state index contributed by atoms with van der Waals surface area (Å²) in [4.78, 5) is 0. The predicted octanol–water partition coefficient (Wildman–Crippen LogP) is -0.00560. The van der Waals surface area contributed by atoms with Gasteiger partial charge >= 0.3 is 144 Å². The molecule has 4 aliphatic rings. The zero-order valence-electron chi connectivity index (χ0n) is 14.8. The van der Waals surface area contributed by atoms with Crippen LogP contribution in [0.5, 0.6) is 0 Å². The minimum Gasteiger partial charge on any atom is -1.00 e. The molecule has 0 N–H and O–H groups in total. The van der Waals surface area contributed by atoms with Gasteiger partial charge in [0.2, 0.25) is 0 Å². The van der Waals surface area contributed by atoms with Crippen LogP contribution >= 0.6 is 0 Å². The molecule has 4 rings (SSSR count). The third-order valence-corrected chi connectivity index (χ3v) is 16.0. The summed E-state index contributed by atoms with van der Waals surface area (Å²) in [6.45, 7) is 4.96. The van der Waals surface area contributed by atoms with Crippen LogP contribution in [0.15, 0.2) is 47.6 Å². The van der Waals surface area contributed by atoms with E-state index in [-0.39, 0.29) is 9.41 Å². The summed E-state index contributed by atoms with van der Waals surface area (Å²) in [5.41, 5.74) is 3.74. The summed E-state index contributed by atoms with van der Waals surface area (Å²) >= 11 is -1.58. The average Bonchev–Trinajstić information content (AvgIpc) is 3.13. The Hall–Kier alpha value is -0.427. The molecule has 130 valence electrons. The molecule has 2 saturated carbocycles. The van der Waals surface area contributed by atoms with E-state index in [1.165, 1.54) is 38.5 Å². The monoisotopic (exact) mass is 408 g/mol. The van der Waals surface area contributed by atoms with E-state index >= 15 is 0 Å². The zero-order valence-corrected chi connectivity index (χ0v) is 17.2. The average molecular weight is 410 g/mol. The van der Waals surface area contributed by atoms with Crippen LogP contribution in [0.1, 0.15) is 52.4 Å². The van der Waals surface area contributed by atoms with Gasteiger partial charge in [0.25, 0.3) is 0 Å². The number of hydrogen-bond acceptors (Lipinski definition) is 0. The van der Waals surface area contributed by atoms with Gasteiger partial charge in [0.05, 0.1) is 0 Å². The van der Waals surface area contributed by atoms with Gasteiger partial charge in [0.15, 0.2) is 0 Å². The quantitative estimate of drug-likeness (QED) is 0.602. The Kier molecular flexibility index (Phi) is 6.88. The predicted molar refractivity (Wildman–Crippen MR) is 93.0 cm³/mol. The van der Waals surface area contributed by atoms with Crippen LogP contribution in [0.4, 0.5) is 0 Å². The first-order valence-electron chi connectivity index (χ1n) is 9.16. The zero-order chi connectivity index (χ0) is 15.1. The van der Waals surface area contributed by atoms with Crippen molar-refractivity contribution >= 4 is 3.21 Å². The second kappa shape index (κ2) is 8.30. The summed E-state index contributed by atoms with van der Waals surface area (Å²) < 4.78 is 3.89. The van der Waals surface area contributed by atoms with Crippen molar-refractivity contribution < 1.29 is 30.7 Å². The molecule has 0 spiro atoms. The van der Waals surface area contributed by atoms with Crippen molar-refractivity contribution in [2.75, 3.05) is 0 Å². The summed E-state index contributed by atoms with van der Waals surface area (Å²) in [6, 6.07) is 0. The molecular weight excluding hydrogens is 381 g/mol. The van der Waals surface area contributed by atoms with Crippen molar-refractivity contribution in [2.45, 2.75) is 59.6 Å². The molecule has 0 nitrogen and oxygen atoms in total. The second-order valence-corrected chi connectivity index (χ2v) is 15.9. The fraction of sp³-hybridized carbons (Fsp3) is 0.571. The van der Waals surface area contributed by atoms with E-state index in [2.05, 4.69) is 50.3 Å². The molecule has 0 heterocycles. The third kappa shape index (κ3) is 3.43. The van der Waals surface area contributed by atoms with Crippen molar-refractivity contribution in [2.24, 2.45) is 11.8 Å². The maximum atomic E-state index is 2.51. The first-order valence-corrected chi connectivity index (χ1v) is 13.2. The molecule has 0 aliphatic heterocycles. The largest absolute Gasteiger partial charge is 1.00 e. The van der Waals surface area contributed by atoms with Crippen LogP contribution in [-0.2, 0) is 21.3 Å². The van der Waals surface area contributed by atoms with Gasteiger partial charge in [-0.3, -0.25) is 0 Å². The van der Waals surface area contributed by atoms with Crippen LogP contribution in [0.3, 0.4) is 0 Å². The number of halogens is 2. The Morgan fingerprint density at radius 1 is 0.792 bits per heavy atom. The molecule has 24 heavy (non-hydrogen) atoms. The van der Waals surface area contributed by atoms with Crippen molar-refractivity contribution in [1.82, 2.24) is 0 Å². The van der Waals surface area contributed by atoms with Crippen molar-refractivity contribution in [3.63, 3.8) is 0 Å². The second-order valence-electron chi connectivity index (χ2n) is 7.77. The molecule has 0 saturated heterocycles. The fourth-order valence-electron chi connectivity index (χ4n) is 5.44. The summed E-state index contributed by atoms with van der Waals surface area (Å²) in [5.74, 6) is 1.81. The Morgan fingerprint density at radius 3 is 1.67 bits per heavy atom.